The smallest absolute Gasteiger partial charge is 0.227 e. The van der Waals surface area contributed by atoms with Crippen LogP contribution in [0.2, 0.25) is 0 Å². The second-order valence-corrected chi connectivity index (χ2v) is 4.94. The summed E-state index contributed by atoms with van der Waals surface area (Å²) in [5, 5.41) is 0. The number of rotatable bonds is 5. The molecule has 0 saturated heterocycles. The van der Waals surface area contributed by atoms with E-state index in [1.165, 1.54) is 0 Å². The molecule has 0 unspecified atom stereocenters. The van der Waals surface area contributed by atoms with Gasteiger partial charge in [-0.25, -0.2) is 4.98 Å². The molecule has 1 aliphatic rings. The lowest BCUT2D eigenvalue weighted by Gasteiger charge is -2.11. The molecule has 4 nitrogen and oxygen atoms in total. The van der Waals surface area contributed by atoms with Gasteiger partial charge in [-0.1, -0.05) is 13.8 Å². The fourth-order valence-electron chi connectivity index (χ4n) is 1.85. The maximum atomic E-state index is 11.1. The second-order valence-electron chi connectivity index (χ2n) is 4.94. The van der Waals surface area contributed by atoms with Gasteiger partial charge in [0.2, 0.25) is 5.88 Å². The third-order valence-corrected chi connectivity index (χ3v) is 2.86. The fourth-order valence-corrected chi connectivity index (χ4v) is 1.85. The molecule has 17 heavy (non-hydrogen) atoms. The lowest BCUT2D eigenvalue weighted by Crippen LogP contribution is -2.09. The SMILES string of the molecule is COc1nc(C2CC2)nc(CC(C)C)c1C=O. The highest BCUT2D eigenvalue weighted by atomic mass is 16.5. The Morgan fingerprint density at radius 1 is 1.41 bits per heavy atom. The zero-order chi connectivity index (χ0) is 12.4. The van der Waals surface area contributed by atoms with Crippen LogP contribution in [-0.2, 0) is 6.42 Å². The Bertz CT molecular complexity index is 426. The molecule has 0 aromatic carbocycles. The van der Waals surface area contributed by atoms with Crippen molar-refractivity contribution < 1.29 is 9.53 Å². The van der Waals surface area contributed by atoms with Crippen LogP contribution in [-0.4, -0.2) is 23.4 Å². The summed E-state index contributed by atoms with van der Waals surface area (Å²) in [6.45, 7) is 4.22. The number of carbonyl (C=O) groups is 1. The van der Waals surface area contributed by atoms with Crippen molar-refractivity contribution in [3.8, 4) is 5.88 Å². The van der Waals surface area contributed by atoms with Crippen LogP contribution in [0.15, 0.2) is 0 Å². The van der Waals surface area contributed by atoms with E-state index in [0.29, 0.717) is 23.3 Å². The minimum absolute atomic E-state index is 0.424. The van der Waals surface area contributed by atoms with Gasteiger partial charge < -0.3 is 4.74 Å². The first-order chi connectivity index (χ1) is 8.15. The second kappa shape index (κ2) is 4.82. The molecule has 0 amide bonds. The predicted octanol–water partition coefficient (Wildman–Crippen LogP) is 2.37. The summed E-state index contributed by atoms with van der Waals surface area (Å²) in [6.07, 6.45) is 3.87. The molecule has 1 aromatic heterocycles. The first-order valence-corrected chi connectivity index (χ1v) is 6.05. The quantitative estimate of drug-likeness (QED) is 0.734. The third kappa shape index (κ3) is 2.62. The summed E-state index contributed by atoms with van der Waals surface area (Å²) in [6, 6.07) is 0. The van der Waals surface area contributed by atoms with E-state index in [2.05, 4.69) is 23.8 Å². The molecule has 1 saturated carbocycles. The van der Waals surface area contributed by atoms with Gasteiger partial charge in [0.1, 0.15) is 5.82 Å². The van der Waals surface area contributed by atoms with Gasteiger partial charge in [-0.05, 0) is 25.2 Å². The zero-order valence-corrected chi connectivity index (χ0v) is 10.6. The lowest BCUT2D eigenvalue weighted by atomic mass is 10.0. The summed E-state index contributed by atoms with van der Waals surface area (Å²) in [5.74, 6) is 2.19. The Morgan fingerprint density at radius 3 is 2.59 bits per heavy atom. The van der Waals surface area contributed by atoms with Gasteiger partial charge in [-0.3, -0.25) is 4.79 Å². The fraction of sp³-hybridized carbons (Fsp3) is 0.615. The van der Waals surface area contributed by atoms with E-state index in [1.54, 1.807) is 7.11 Å². The molecule has 1 aliphatic carbocycles. The van der Waals surface area contributed by atoms with Crippen molar-refractivity contribution in [2.45, 2.75) is 39.0 Å². The number of nitrogens with zero attached hydrogens (tertiary/aromatic N) is 2. The van der Waals surface area contributed by atoms with Crippen molar-refractivity contribution in [2.24, 2.45) is 5.92 Å². The van der Waals surface area contributed by atoms with Crippen LogP contribution < -0.4 is 4.74 Å². The molecule has 0 aliphatic heterocycles. The van der Waals surface area contributed by atoms with Gasteiger partial charge in [0.05, 0.1) is 18.4 Å². The van der Waals surface area contributed by atoms with Crippen LogP contribution in [0.4, 0.5) is 0 Å². The summed E-state index contributed by atoms with van der Waals surface area (Å²) in [5.41, 5.74) is 1.33. The highest BCUT2D eigenvalue weighted by Crippen LogP contribution is 2.39. The van der Waals surface area contributed by atoms with E-state index >= 15 is 0 Å². The predicted molar refractivity (Wildman–Crippen MR) is 64.5 cm³/mol. The molecular formula is C13H18N2O2. The van der Waals surface area contributed by atoms with E-state index in [1.807, 2.05) is 0 Å². The number of hydrogen-bond donors (Lipinski definition) is 0. The van der Waals surface area contributed by atoms with E-state index in [0.717, 1.165) is 37.1 Å². The first kappa shape index (κ1) is 12.0. The molecule has 2 rings (SSSR count). The van der Waals surface area contributed by atoms with Crippen LogP contribution in [0.1, 0.15) is 54.5 Å². The van der Waals surface area contributed by atoms with Crippen molar-refractivity contribution in [1.29, 1.82) is 0 Å². The van der Waals surface area contributed by atoms with E-state index in [-0.39, 0.29) is 0 Å². The summed E-state index contributed by atoms with van der Waals surface area (Å²) < 4.78 is 5.19. The number of carbonyl (C=O) groups excluding carboxylic acids is 1. The van der Waals surface area contributed by atoms with Crippen LogP contribution in [0.25, 0.3) is 0 Å². The monoisotopic (exact) mass is 234 g/mol. The van der Waals surface area contributed by atoms with Gasteiger partial charge >= 0.3 is 0 Å². The van der Waals surface area contributed by atoms with Crippen molar-refractivity contribution in [3.63, 3.8) is 0 Å². The maximum absolute atomic E-state index is 11.1. The first-order valence-electron chi connectivity index (χ1n) is 6.05. The van der Waals surface area contributed by atoms with Gasteiger partial charge in [0.25, 0.3) is 0 Å². The molecule has 0 bridgehead atoms. The molecule has 1 aromatic rings. The van der Waals surface area contributed by atoms with Crippen LogP contribution in [0.5, 0.6) is 5.88 Å². The lowest BCUT2D eigenvalue weighted by molar-refractivity contribution is 0.111. The minimum Gasteiger partial charge on any atom is -0.480 e. The summed E-state index contributed by atoms with van der Waals surface area (Å²) in [7, 11) is 1.55. The Kier molecular flexibility index (Phi) is 3.41. The summed E-state index contributed by atoms with van der Waals surface area (Å²) in [4.78, 5) is 20.0. The topological polar surface area (TPSA) is 52.1 Å². The number of hydrogen-bond acceptors (Lipinski definition) is 4. The minimum atomic E-state index is 0.424. The van der Waals surface area contributed by atoms with Gasteiger partial charge in [-0.15, -0.1) is 0 Å². The Hall–Kier alpha value is -1.45. The van der Waals surface area contributed by atoms with Crippen LogP contribution in [0, 0.1) is 5.92 Å². The van der Waals surface area contributed by atoms with Crippen molar-refractivity contribution >= 4 is 6.29 Å². The standard InChI is InChI=1S/C13H18N2O2/c1-8(2)6-11-10(7-16)13(17-3)15-12(14-11)9-4-5-9/h7-9H,4-6H2,1-3H3. The molecule has 0 N–H and O–H groups in total. The van der Waals surface area contributed by atoms with E-state index in [9.17, 15) is 4.79 Å². The molecule has 1 heterocycles. The maximum Gasteiger partial charge on any atom is 0.227 e. The number of ether oxygens (including phenoxy) is 1. The Balaban J connectivity index is 2.43. The molecule has 0 spiro atoms. The van der Waals surface area contributed by atoms with E-state index < -0.39 is 0 Å². The zero-order valence-electron chi connectivity index (χ0n) is 10.6. The molecule has 0 radical (unpaired) electrons. The normalized spacial score (nSPS) is 15.1. The van der Waals surface area contributed by atoms with Gasteiger partial charge in [-0.2, -0.15) is 4.98 Å². The van der Waals surface area contributed by atoms with Crippen molar-refractivity contribution in [3.05, 3.63) is 17.1 Å². The molecule has 1 fully saturated rings. The largest absolute Gasteiger partial charge is 0.480 e. The highest BCUT2D eigenvalue weighted by molar-refractivity contribution is 5.79. The number of aldehydes is 1. The Morgan fingerprint density at radius 2 is 2.12 bits per heavy atom. The van der Waals surface area contributed by atoms with Crippen molar-refractivity contribution in [1.82, 2.24) is 9.97 Å². The summed E-state index contributed by atoms with van der Waals surface area (Å²) >= 11 is 0. The highest BCUT2D eigenvalue weighted by Gasteiger charge is 2.29. The number of aromatic nitrogens is 2. The molecule has 4 heteroatoms. The molecule has 0 atom stereocenters. The average molecular weight is 234 g/mol. The van der Waals surface area contributed by atoms with Crippen LogP contribution >= 0.6 is 0 Å². The van der Waals surface area contributed by atoms with Crippen LogP contribution in [0.3, 0.4) is 0 Å². The van der Waals surface area contributed by atoms with E-state index in [4.69, 9.17) is 4.74 Å². The number of methoxy groups -OCH3 is 1. The average Bonchev–Trinajstić information content (AvgIpc) is 3.10. The van der Waals surface area contributed by atoms with Gasteiger partial charge in [0, 0.05) is 5.92 Å². The van der Waals surface area contributed by atoms with Crippen molar-refractivity contribution in [2.75, 3.05) is 7.11 Å². The Labute approximate surface area is 101 Å². The third-order valence-electron chi connectivity index (χ3n) is 2.86. The molecular weight excluding hydrogens is 216 g/mol. The molecule has 92 valence electrons. The van der Waals surface area contributed by atoms with Gasteiger partial charge in [0.15, 0.2) is 6.29 Å².